The molecule has 1 N–H and O–H groups in total. The Labute approximate surface area is 130 Å². The van der Waals surface area contributed by atoms with Crippen LogP contribution in [0.4, 0.5) is 0 Å². The van der Waals surface area contributed by atoms with Crippen LogP contribution in [-0.4, -0.2) is 35.7 Å². The van der Waals surface area contributed by atoms with E-state index in [9.17, 15) is 4.79 Å². The van der Waals surface area contributed by atoms with Gasteiger partial charge in [0.2, 0.25) is 0 Å². The zero-order valence-electron chi connectivity index (χ0n) is 12.9. The molecule has 0 heterocycles. The normalized spacial score (nSPS) is 14.0. The lowest BCUT2D eigenvalue weighted by Crippen LogP contribution is -2.30. The van der Waals surface area contributed by atoms with Gasteiger partial charge in [0.25, 0.3) is 0 Å². The maximum absolute atomic E-state index is 11.9. The van der Waals surface area contributed by atoms with Crippen LogP contribution in [0.15, 0.2) is 29.4 Å². The van der Waals surface area contributed by atoms with Crippen LogP contribution in [0.1, 0.15) is 36.2 Å². The molecule has 0 saturated heterocycles. The Hall–Kier alpha value is -2.39. The molecule has 0 spiro atoms. The molecule has 0 amide bonds. The van der Waals surface area contributed by atoms with Crippen LogP contribution in [0.3, 0.4) is 0 Å². The summed E-state index contributed by atoms with van der Waals surface area (Å²) >= 11 is 0. The van der Waals surface area contributed by atoms with Crippen molar-refractivity contribution in [3.05, 3.63) is 35.4 Å². The highest BCUT2D eigenvalue weighted by atomic mass is 16.6. The number of esters is 1. The fourth-order valence-corrected chi connectivity index (χ4v) is 1.74. The summed E-state index contributed by atoms with van der Waals surface area (Å²) in [6.45, 7) is 5.48. The molecule has 118 valence electrons. The summed E-state index contributed by atoms with van der Waals surface area (Å²) in [7, 11) is 0. The Morgan fingerprint density at radius 2 is 2.05 bits per heavy atom. The molecule has 0 fully saturated rings. The Kier molecular flexibility index (Phi) is 7.06. The molecule has 1 aromatic rings. The smallest absolute Gasteiger partial charge is 0.338 e. The molecule has 1 rings (SSSR count). The van der Waals surface area contributed by atoms with Gasteiger partial charge in [0.1, 0.15) is 18.8 Å². The highest BCUT2D eigenvalue weighted by molar-refractivity contribution is 6.01. The third-order valence-electron chi connectivity index (χ3n) is 3.15. The zero-order valence-corrected chi connectivity index (χ0v) is 12.9. The molecule has 22 heavy (non-hydrogen) atoms. The second kappa shape index (κ2) is 8.80. The average Bonchev–Trinajstić information content (AvgIpc) is 2.52. The number of rotatable bonds is 7. The molecule has 1 aromatic carbocycles. The molecule has 6 heteroatoms. The number of ether oxygens (including phenoxy) is 2. The number of carbonyl (C=O) groups is 1. The summed E-state index contributed by atoms with van der Waals surface area (Å²) in [5, 5.41) is 20.3. The summed E-state index contributed by atoms with van der Waals surface area (Å²) < 4.78 is 10.8. The van der Waals surface area contributed by atoms with Crippen molar-refractivity contribution in [1.29, 1.82) is 5.26 Å². The van der Waals surface area contributed by atoms with E-state index in [0.717, 1.165) is 5.56 Å². The standard InChI is InChI=1S/C16H20N2O4/c1-4-14(22-12(3)15(9-17)18-20)10-21-16(19)13-7-5-11(2)6-8-13/h5-8,12,14,20H,4,10H2,1-3H3/b18-15+/t12-,14-/m0/s1. The molecule has 0 bridgehead atoms. The van der Waals surface area contributed by atoms with Crippen LogP contribution in [0.5, 0.6) is 0 Å². The number of benzene rings is 1. The van der Waals surface area contributed by atoms with E-state index in [0.29, 0.717) is 12.0 Å². The van der Waals surface area contributed by atoms with Crippen LogP contribution in [0.25, 0.3) is 0 Å². The number of carbonyl (C=O) groups excluding carboxylic acids is 1. The summed E-state index contributed by atoms with van der Waals surface area (Å²) in [5.74, 6) is -0.425. The van der Waals surface area contributed by atoms with Crippen molar-refractivity contribution >= 4 is 11.7 Å². The van der Waals surface area contributed by atoms with Crippen molar-refractivity contribution in [2.24, 2.45) is 5.16 Å². The Bertz CT molecular complexity index is 561. The van der Waals surface area contributed by atoms with Gasteiger partial charge in [0, 0.05) is 0 Å². The maximum Gasteiger partial charge on any atom is 0.338 e. The van der Waals surface area contributed by atoms with Crippen molar-refractivity contribution in [3.8, 4) is 6.07 Å². The van der Waals surface area contributed by atoms with E-state index in [1.807, 2.05) is 26.0 Å². The molecule has 0 aliphatic rings. The molecular weight excluding hydrogens is 284 g/mol. The summed E-state index contributed by atoms with van der Waals surface area (Å²) in [4.78, 5) is 11.9. The van der Waals surface area contributed by atoms with E-state index in [2.05, 4.69) is 5.16 Å². The van der Waals surface area contributed by atoms with E-state index in [4.69, 9.17) is 19.9 Å². The van der Waals surface area contributed by atoms with Crippen LogP contribution >= 0.6 is 0 Å². The molecule has 0 unspecified atom stereocenters. The first-order valence-corrected chi connectivity index (χ1v) is 7.03. The zero-order chi connectivity index (χ0) is 16.5. The average molecular weight is 304 g/mol. The van der Waals surface area contributed by atoms with Gasteiger partial charge in [0.05, 0.1) is 11.7 Å². The van der Waals surface area contributed by atoms with E-state index in [1.165, 1.54) is 0 Å². The minimum atomic E-state index is -0.668. The van der Waals surface area contributed by atoms with Crippen molar-refractivity contribution in [2.45, 2.75) is 39.4 Å². The molecule has 0 radical (unpaired) electrons. The number of oxime groups is 1. The molecule has 0 saturated carbocycles. The lowest BCUT2D eigenvalue weighted by atomic mass is 10.1. The minimum absolute atomic E-state index is 0.0671. The third-order valence-corrected chi connectivity index (χ3v) is 3.15. The lowest BCUT2D eigenvalue weighted by molar-refractivity contribution is -0.0210. The molecular formula is C16H20N2O4. The van der Waals surface area contributed by atoms with Crippen molar-refractivity contribution < 1.29 is 19.5 Å². The van der Waals surface area contributed by atoms with Gasteiger partial charge < -0.3 is 14.7 Å². The molecule has 6 nitrogen and oxygen atoms in total. The minimum Gasteiger partial charge on any atom is -0.459 e. The predicted octanol–water partition coefficient (Wildman–Crippen LogP) is 2.69. The monoisotopic (exact) mass is 304 g/mol. The number of hydrogen-bond acceptors (Lipinski definition) is 6. The second-order valence-corrected chi connectivity index (χ2v) is 4.87. The van der Waals surface area contributed by atoms with Gasteiger partial charge in [-0.3, -0.25) is 0 Å². The summed E-state index contributed by atoms with van der Waals surface area (Å²) in [6.07, 6.45) is -0.456. The quantitative estimate of drug-likeness (QED) is 0.362. The van der Waals surface area contributed by atoms with Crippen molar-refractivity contribution in [3.63, 3.8) is 0 Å². The fourth-order valence-electron chi connectivity index (χ4n) is 1.74. The van der Waals surface area contributed by atoms with Gasteiger partial charge in [-0.25, -0.2) is 4.79 Å². The van der Waals surface area contributed by atoms with Gasteiger partial charge in [0.15, 0.2) is 5.71 Å². The Balaban J connectivity index is 2.55. The lowest BCUT2D eigenvalue weighted by Gasteiger charge is -2.19. The highest BCUT2D eigenvalue weighted by Gasteiger charge is 2.19. The molecule has 0 aromatic heterocycles. The summed E-state index contributed by atoms with van der Waals surface area (Å²) in [6, 6.07) is 8.82. The first-order valence-electron chi connectivity index (χ1n) is 7.03. The summed E-state index contributed by atoms with van der Waals surface area (Å²) in [5.41, 5.74) is 1.42. The van der Waals surface area contributed by atoms with E-state index < -0.39 is 12.1 Å². The van der Waals surface area contributed by atoms with Gasteiger partial charge >= 0.3 is 5.97 Å². The number of nitrogens with zero attached hydrogens (tertiary/aromatic N) is 2. The van der Waals surface area contributed by atoms with Crippen LogP contribution in [0.2, 0.25) is 0 Å². The van der Waals surface area contributed by atoms with Gasteiger partial charge in [-0.15, -0.1) is 0 Å². The largest absolute Gasteiger partial charge is 0.459 e. The molecule has 0 aliphatic heterocycles. The third kappa shape index (κ3) is 5.19. The van der Waals surface area contributed by atoms with Gasteiger partial charge in [-0.05, 0) is 32.4 Å². The SMILES string of the molecule is CC[C@@H](COC(=O)c1ccc(C)cc1)O[C@@H](C)/C(C#N)=N/O. The maximum atomic E-state index is 11.9. The number of aryl methyl sites for hydroxylation is 1. The van der Waals surface area contributed by atoms with Crippen LogP contribution in [-0.2, 0) is 9.47 Å². The van der Waals surface area contributed by atoms with Gasteiger partial charge in [-0.2, -0.15) is 5.26 Å². The Morgan fingerprint density at radius 1 is 1.41 bits per heavy atom. The fraction of sp³-hybridized carbons (Fsp3) is 0.438. The van der Waals surface area contributed by atoms with E-state index in [-0.39, 0.29) is 18.4 Å². The number of nitriles is 1. The van der Waals surface area contributed by atoms with Crippen molar-refractivity contribution in [2.75, 3.05) is 6.61 Å². The second-order valence-electron chi connectivity index (χ2n) is 4.87. The molecule has 2 atom stereocenters. The van der Waals surface area contributed by atoms with E-state index in [1.54, 1.807) is 25.1 Å². The first-order chi connectivity index (χ1) is 10.5. The predicted molar refractivity (Wildman–Crippen MR) is 80.9 cm³/mol. The first kappa shape index (κ1) is 17.7. The topological polar surface area (TPSA) is 91.9 Å². The number of hydrogen-bond donors (Lipinski definition) is 1. The highest BCUT2D eigenvalue weighted by Crippen LogP contribution is 2.09. The van der Waals surface area contributed by atoms with Crippen LogP contribution < -0.4 is 0 Å². The van der Waals surface area contributed by atoms with Crippen molar-refractivity contribution in [1.82, 2.24) is 0 Å². The molecule has 0 aliphatic carbocycles. The van der Waals surface area contributed by atoms with E-state index >= 15 is 0 Å². The van der Waals surface area contributed by atoms with Gasteiger partial charge in [-0.1, -0.05) is 29.8 Å². The Morgan fingerprint density at radius 3 is 2.55 bits per heavy atom. The van der Waals surface area contributed by atoms with Crippen LogP contribution in [0, 0.1) is 18.3 Å².